The Morgan fingerprint density at radius 3 is 2.64 bits per heavy atom. The van der Waals surface area contributed by atoms with Crippen LogP contribution in [0, 0.1) is 13.8 Å². The first-order valence-corrected chi connectivity index (χ1v) is 11.5. The first kappa shape index (κ1) is 21.5. The van der Waals surface area contributed by atoms with Gasteiger partial charge in [0.1, 0.15) is 6.26 Å². The maximum Gasteiger partial charge on any atom is 0.275 e. The van der Waals surface area contributed by atoms with Crippen LogP contribution in [0.3, 0.4) is 0 Å². The highest BCUT2D eigenvalue weighted by atomic mass is 16.7. The van der Waals surface area contributed by atoms with E-state index in [9.17, 15) is 4.79 Å². The second kappa shape index (κ2) is 9.27. The van der Waals surface area contributed by atoms with Gasteiger partial charge in [-0.05, 0) is 55.5 Å². The van der Waals surface area contributed by atoms with Gasteiger partial charge < -0.3 is 18.8 Å². The van der Waals surface area contributed by atoms with Gasteiger partial charge in [-0.25, -0.2) is 4.98 Å². The number of nitrogens with zero attached hydrogens (tertiary/aromatic N) is 3. The van der Waals surface area contributed by atoms with Crippen molar-refractivity contribution < 1.29 is 18.7 Å². The van der Waals surface area contributed by atoms with Crippen LogP contribution in [0.2, 0.25) is 0 Å². The second-order valence-electron chi connectivity index (χ2n) is 8.89. The molecule has 1 fully saturated rings. The van der Waals surface area contributed by atoms with Crippen molar-refractivity contribution >= 4 is 5.91 Å². The minimum atomic E-state index is -0.0424. The fourth-order valence-electron chi connectivity index (χ4n) is 4.48. The number of ether oxygens (including phenoxy) is 2. The minimum Gasteiger partial charge on any atom is -0.454 e. The summed E-state index contributed by atoms with van der Waals surface area (Å²) < 4.78 is 16.7. The van der Waals surface area contributed by atoms with Crippen molar-refractivity contribution in [2.24, 2.45) is 0 Å². The maximum atomic E-state index is 12.7. The number of aromatic nitrogens is 1. The fraction of sp³-hybridized carbons (Fsp3) is 0.385. The van der Waals surface area contributed by atoms with Crippen LogP contribution in [0.15, 0.2) is 47.1 Å². The number of benzene rings is 2. The molecule has 1 aromatic heterocycles. The number of hydrogen-bond acceptors (Lipinski definition) is 6. The molecule has 7 heteroatoms. The molecule has 2 aromatic carbocycles. The van der Waals surface area contributed by atoms with Crippen LogP contribution >= 0.6 is 0 Å². The zero-order valence-corrected chi connectivity index (χ0v) is 19.2. The first-order valence-electron chi connectivity index (χ1n) is 11.5. The quantitative estimate of drug-likeness (QED) is 0.533. The summed E-state index contributed by atoms with van der Waals surface area (Å²) in [5.74, 6) is 2.05. The maximum absolute atomic E-state index is 12.7. The summed E-state index contributed by atoms with van der Waals surface area (Å²) in [6.45, 7) is 8.00. The summed E-state index contributed by atoms with van der Waals surface area (Å²) in [4.78, 5) is 21.3. The lowest BCUT2D eigenvalue weighted by Gasteiger charge is -2.22. The van der Waals surface area contributed by atoms with Crippen molar-refractivity contribution in [3.63, 3.8) is 0 Å². The van der Waals surface area contributed by atoms with Gasteiger partial charge in [0.05, 0.1) is 6.54 Å². The van der Waals surface area contributed by atoms with Crippen molar-refractivity contribution in [3.8, 4) is 11.5 Å². The van der Waals surface area contributed by atoms with E-state index in [1.807, 2.05) is 17.0 Å². The van der Waals surface area contributed by atoms with Crippen molar-refractivity contribution in [2.75, 3.05) is 19.9 Å². The number of rotatable bonds is 7. The third-order valence-electron chi connectivity index (χ3n) is 6.26. The molecule has 0 N–H and O–H groups in total. The van der Waals surface area contributed by atoms with Crippen LogP contribution < -0.4 is 9.47 Å². The van der Waals surface area contributed by atoms with Crippen molar-refractivity contribution in [1.82, 2.24) is 14.8 Å². The molecule has 33 heavy (non-hydrogen) atoms. The molecule has 0 bridgehead atoms. The Labute approximate surface area is 193 Å². The van der Waals surface area contributed by atoms with E-state index in [0.717, 1.165) is 49.5 Å². The van der Waals surface area contributed by atoms with Crippen LogP contribution in [-0.2, 0) is 19.6 Å². The fourth-order valence-corrected chi connectivity index (χ4v) is 4.48. The van der Waals surface area contributed by atoms with E-state index in [0.29, 0.717) is 24.7 Å². The van der Waals surface area contributed by atoms with Crippen molar-refractivity contribution in [1.29, 1.82) is 0 Å². The lowest BCUT2D eigenvalue weighted by Crippen LogP contribution is -2.28. The van der Waals surface area contributed by atoms with E-state index >= 15 is 0 Å². The molecule has 3 heterocycles. The lowest BCUT2D eigenvalue weighted by atomic mass is 10.0. The van der Waals surface area contributed by atoms with Gasteiger partial charge in [0, 0.05) is 26.2 Å². The van der Waals surface area contributed by atoms with Gasteiger partial charge in [-0.3, -0.25) is 9.69 Å². The van der Waals surface area contributed by atoms with Gasteiger partial charge in [-0.1, -0.05) is 29.8 Å². The lowest BCUT2D eigenvalue weighted by molar-refractivity contribution is 0.0787. The molecule has 7 nitrogen and oxygen atoms in total. The SMILES string of the molecule is Cc1ccc(CN(Cc2ccc3c(c2)OCO3)Cc2nc(C(=O)N3CCCC3)co2)c(C)c1. The minimum absolute atomic E-state index is 0.0424. The monoisotopic (exact) mass is 447 g/mol. The molecule has 1 saturated heterocycles. The molecule has 2 aliphatic rings. The summed E-state index contributed by atoms with van der Waals surface area (Å²) in [5.41, 5.74) is 5.26. The highest BCUT2D eigenvalue weighted by Gasteiger charge is 2.23. The van der Waals surface area contributed by atoms with Gasteiger partial charge in [-0.2, -0.15) is 0 Å². The van der Waals surface area contributed by atoms with Crippen LogP contribution in [0.1, 0.15) is 51.5 Å². The molecular weight excluding hydrogens is 418 g/mol. The molecule has 0 saturated carbocycles. The van der Waals surface area contributed by atoms with Gasteiger partial charge in [-0.15, -0.1) is 0 Å². The molecule has 0 aliphatic carbocycles. The predicted octanol–water partition coefficient (Wildman–Crippen LogP) is 4.46. The zero-order valence-electron chi connectivity index (χ0n) is 19.2. The summed E-state index contributed by atoms with van der Waals surface area (Å²) in [7, 11) is 0. The average molecular weight is 448 g/mol. The molecule has 0 spiro atoms. The molecule has 5 rings (SSSR count). The van der Waals surface area contributed by atoms with Gasteiger partial charge >= 0.3 is 0 Å². The Morgan fingerprint density at radius 2 is 1.82 bits per heavy atom. The van der Waals surface area contributed by atoms with Crippen LogP contribution in [0.25, 0.3) is 0 Å². The average Bonchev–Trinajstić information content (AvgIpc) is 3.57. The number of fused-ring (bicyclic) bond motifs is 1. The Kier molecular flexibility index (Phi) is 6.05. The van der Waals surface area contributed by atoms with Crippen LogP contribution in [-0.4, -0.2) is 40.6 Å². The molecule has 0 unspecified atom stereocenters. The van der Waals surface area contributed by atoms with Gasteiger partial charge in [0.25, 0.3) is 5.91 Å². The summed E-state index contributed by atoms with van der Waals surface area (Å²) in [6.07, 6.45) is 3.59. The van der Waals surface area contributed by atoms with Crippen molar-refractivity contribution in [3.05, 3.63) is 76.5 Å². The molecular formula is C26H29N3O4. The smallest absolute Gasteiger partial charge is 0.275 e. The van der Waals surface area contributed by atoms with Crippen LogP contribution in [0.5, 0.6) is 11.5 Å². The Morgan fingerprint density at radius 1 is 1.00 bits per heavy atom. The number of likely N-dealkylation sites (tertiary alicyclic amines) is 1. The number of aryl methyl sites for hydroxylation is 2. The third kappa shape index (κ3) is 4.88. The highest BCUT2D eigenvalue weighted by Crippen LogP contribution is 2.33. The summed E-state index contributed by atoms with van der Waals surface area (Å²) in [5, 5.41) is 0. The number of carbonyl (C=O) groups excluding carboxylic acids is 1. The third-order valence-corrected chi connectivity index (χ3v) is 6.26. The molecule has 172 valence electrons. The number of oxazole rings is 1. The van der Waals surface area contributed by atoms with E-state index in [2.05, 4.69) is 48.0 Å². The highest BCUT2D eigenvalue weighted by molar-refractivity contribution is 5.92. The second-order valence-corrected chi connectivity index (χ2v) is 8.89. The molecule has 1 amide bonds. The number of carbonyl (C=O) groups is 1. The Hall–Kier alpha value is -3.32. The van der Waals surface area contributed by atoms with Gasteiger partial charge in [0.15, 0.2) is 17.2 Å². The number of hydrogen-bond donors (Lipinski definition) is 0. The first-order chi connectivity index (χ1) is 16.0. The Balaban J connectivity index is 1.35. The molecule has 0 atom stereocenters. The Bertz CT molecular complexity index is 1150. The van der Waals surface area contributed by atoms with E-state index < -0.39 is 0 Å². The molecule has 3 aromatic rings. The predicted molar refractivity (Wildman–Crippen MR) is 123 cm³/mol. The van der Waals surface area contributed by atoms with E-state index in [1.165, 1.54) is 23.0 Å². The standard InChI is InChI=1S/C26H29N3O4/c1-18-5-7-21(19(2)11-18)14-28(13-20-6-8-23-24(12-20)33-17-32-23)15-25-27-22(16-31-25)26(30)29-9-3-4-10-29/h5-8,11-12,16H,3-4,9-10,13-15,17H2,1-2H3. The van der Waals surface area contributed by atoms with Crippen molar-refractivity contribution in [2.45, 2.75) is 46.3 Å². The molecule has 0 radical (unpaired) electrons. The topological polar surface area (TPSA) is 68.0 Å². The largest absolute Gasteiger partial charge is 0.454 e. The van der Waals surface area contributed by atoms with E-state index in [-0.39, 0.29) is 12.7 Å². The van der Waals surface area contributed by atoms with Crippen LogP contribution in [0.4, 0.5) is 0 Å². The zero-order chi connectivity index (χ0) is 22.8. The normalized spacial score (nSPS) is 14.9. The summed E-state index contributed by atoms with van der Waals surface area (Å²) >= 11 is 0. The van der Waals surface area contributed by atoms with E-state index in [4.69, 9.17) is 13.9 Å². The summed E-state index contributed by atoms with van der Waals surface area (Å²) in [6, 6.07) is 12.5. The number of amides is 1. The molecule has 2 aliphatic heterocycles. The van der Waals surface area contributed by atoms with Gasteiger partial charge in [0.2, 0.25) is 12.7 Å². The van der Waals surface area contributed by atoms with E-state index in [1.54, 1.807) is 0 Å².